The van der Waals surface area contributed by atoms with E-state index >= 15 is 0 Å². The highest BCUT2D eigenvalue weighted by molar-refractivity contribution is 14.1. The van der Waals surface area contributed by atoms with Gasteiger partial charge in [0.15, 0.2) is 0 Å². The molecule has 6 heteroatoms. The predicted molar refractivity (Wildman–Crippen MR) is 86.8 cm³/mol. The van der Waals surface area contributed by atoms with Crippen LogP contribution in [0, 0.1) is 8.99 Å². The molecule has 1 rings (SSSR count). The van der Waals surface area contributed by atoms with Crippen LogP contribution >= 0.6 is 22.6 Å². The Balaban J connectivity index is 3.10. The maximum absolute atomic E-state index is 12.4. The summed E-state index contributed by atoms with van der Waals surface area (Å²) in [4.78, 5) is 23.6. The lowest BCUT2D eigenvalue weighted by molar-refractivity contribution is -0.125. The number of amides is 1. The molecule has 0 aliphatic carbocycles. The first-order chi connectivity index (χ1) is 9.40. The highest BCUT2D eigenvalue weighted by Gasteiger charge is 2.33. The molecule has 20 heavy (non-hydrogen) atoms. The largest absolute Gasteiger partial charge is 0.478 e. The Labute approximate surface area is 132 Å². The van der Waals surface area contributed by atoms with Crippen LogP contribution < -0.4 is 11.1 Å². The number of rotatable bonds is 6. The van der Waals surface area contributed by atoms with Crippen molar-refractivity contribution in [3.63, 3.8) is 0 Å². The second-order valence-corrected chi connectivity index (χ2v) is 5.89. The second-order valence-electron chi connectivity index (χ2n) is 4.64. The number of carbonyl (C=O) groups excluding carboxylic acids is 1. The summed E-state index contributed by atoms with van der Waals surface area (Å²) < 4.78 is 0.800. The first-order valence-electron chi connectivity index (χ1n) is 6.44. The number of anilines is 1. The van der Waals surface area contributed by atoms with Gasteiger partial charge in [-0.2, -0.15) is 0 Å². The predicted octanol–water partition coefficient (Wildman–Crippen LogP) is 2.69. The summed E-state index contributed by atoms with van der Waals surface area (Å²) in [5, 5.41) is 11.9. The van der Waals surface area contributed by atoms with E-state index in [-0.39, 0.29) is 18.0 Å². The van der Waals surface area contributed by atoms with Crippen LogP contribution in [0.15, 0.2) is 18.2 Å². The Kier molecular flexibility index (Phi) is 5.94. The molecule has 4 N–H and O–H groups in total. The lowest BCUT2D eigenvalue weighted by Gasteiger charge is -2.28. The van der Waals surface area contributed by atoms with Crippen molar-refractivity contribution < 1.29 is 14.7 Å². The number of nitrogens with one attached hydrogen (secondary N) is 1. The molecule has 1 aromatic rings. The molecule has 0 saturated heterocycles. The summed E-state index contributed by atoms with van der Waals surface area (Å²) >= 11 is 2.03. The van der Waals surface area contributed by atoms with Gasteiger partial charge in [0.05, 0.1) is 16.7 Å². The van der Waals surface area contributed by atoms with E-state index in [4.69, 9.17) is 5.73 Å². The topological polar surface area (TPSA) is 92.4 Å². The van der Waals surface area contributed by atoms with Gasteiger partial charge in [0, 0.05) is 10.1 Å². The van der Waals surface area contributed by atoms with E-state index < -0.39 is 11.4 Å². The SMILES string of the molecule is CCC(CC)(CN)C(=O)Nc1ccc(I)cc1C(=O)O. The van der Waals surface area contributed by atoms with Crippen molar-refractivity contribution in [2.75, 3.05) is 11.9 Å². The summed E-state index contributed by atoms with van der Waals surface area (Å²) in [5.74, 6) is -1.29. The number of hydrogen-bond acceptors (Lipinski definition) is 3. The van der Waals surface area contributed by atoms with Crippen LogP contribution in [0.25, 0.3) is 0 Å². The molecular formula is C14H19IN2O3. The fourth-order valence-electron chi connectivity index (χ4n) is 2.01. The lowest BCUT2D eigenvalue weighted by Crippen LogP contribution is -2.41. The molecule has 0 aliphatic heterocycles. The Morgan fingerprint density at radius 2 is 1.95 bits per heavy atom. The summed E-state index contributed by atoms with van der Waals surface area (Å²) in [7, 11) is 0. The monoisotopic (exact) mass is 390 g/mol. The van der Waals surface area contributed by atoms with Crippen LogP contribution in [-0.2, 0) is 4.79 Å². The van der Waals surface area contributed by atoms with Gasteiger partial charge in [-0.25, -0.2) is 4.79 Å². The van der Waals surface area contributed by atoms with E-state index in [9.17, 15) is 14.7 Å². The lowest BCUT2D eigenvalue weighted by atomic mass is 9.81. The summed E-state index contributed by atoms with van der Waals surface area (Å²) in [6.45, 7) is 4.04. The highest BCUT2D eigenvalue weighted by Crippen LogP contribution is 2.28. The minimum absolute atomic E-state index is 0.0865. The molecule has 0 radical (unpaired) electrons. The van der Waals surface area contributed by atoms with E-state index in [2.05, 4.69) is 5.32 Å². The molecule has 0 heterocycles. The number of carboxylic acid groups (broad SMARTS) is 1. The van der Waals surface area contributed by atoms with Gasteiger partial charge in [-0.3, -0.25) is 4.79 Å². The Morgan fingerprint density at radius 1 is 1.35 bits per heavy atom. The Morgan fingerprint density at radius 3 is 2.40 bits per heavy atom. The van der Waals surface area contributed by atoms with Gasteiger partial charge in [-0.1, -0.05) is 13.8 Å². The average molecular weight is 390 g/mol. The molecule has 0 saturated carbocycles. The molecule has 0 aromatic heterocycles. The molecule has 1 amide bonds. The van der Waals surface area contributed by atoms with E-state index in [1.807, 2.05) is 36.4 Å². The molecule has 0 spiro atoms. The quantitative estimate of drug-likeness (QED) is 0.652. The van der Waals surface area contributed by atoms with Crippen LogP contribution in [0.3, 0.4) is 0 Å². The Hall–Kier alpha value is -1.15. The van der Waals surface area contributed by atoms with E-state index in [1.54, 1.807) is 12.1 Å². The molecular weight excluding hydrogens is 371 g/mol. The van der Waals surface area contributed by atoms with Crippen molar-refractivity contribution >= 4 is 40.2 Å². The number of nitrogens with two attached hydrogens (primary N) is 1. The summed E-state index contributed by atoms with van der Waals surface area (Å²) in [6.07, 6.45) is 1.22. The fourth-order valence-corrected chi connectivity index (χ4v) is 2.50. The van der Waals surface area contributed by atoms with Crippen molar-refractivity contribution in [1.82, 2.24) is 0 Å². The molecule has 0 fully saturated rings. The molecule has 5 nitrogen and oxygen atoms in total. The van der Waals surface area contributed by atoms with Crippen molar-refractivity contribution in [1.29, 1.82) is 0 Å². The number of aromatic carboxylic acids is 1. The van der Waals surface area contributed by atoms with Gasteiger partial charge in [-0.15, -0.1) is 0 Å². The van der Waals surface area contributed by atoms with Gasteiger partial charge in [0.1, 0.15) is 0 Å². The third-order valence-corrected chi connectivity index (χ3v) is 4.36. The van der Waals surface area contributed by atoms with Crippen molar-refractivity contribution in [3.8, 4) is 0 Å². The first kappa shape index (κ1) is 16.9. The minimum Gasteiger partial charge on any atom is -0.478 e. The maximum atomic E-state index is 12.4. The van der Waals surface area contributed by atoms with Gasteiger partial charge in [0.2, 0.25) is 5.91 Å². The minimum atomic E-state index is -1.06. The van der Waals surface area contributed by atoms with E-state index in [0.29, 0.717) is 18.5 Å². The number of hydrogen-bond donors (Lipinski definition) is 3. The van der Waals surface area contributed by atoms with Crippen molar-refractivity contribution in [2.24, 2.45) is 11.1 Å². The smallest absolute Gasteiger partial charge is 0.337 e. The standard InChI is InChI=1S/C14H19IN2O3/c1-3-14(4-2,8-16)13(20)17-11-6-5-9(15)7-10(11)12(18)19/h5-7H,3-4,8,16H2,1-2H3,(H,17,20)(H,18,19). The third kappa shape index (κ3) is 3.49. The maximum Gasteiger partial charge on any atom is 0.337 e. The van der Waals surface area contributed by atoms with Gasteiger partial charge >= 0.3 is 5.97 Å². The van der Waals surface area contributed by atoms with Crippen molar-refractivity contribution in [2.45, 2.75) is 26.7 Å². The number of carbonyl (C=O) groups is 2. The molecule has 0 aliphatic rings. The molecule has 0 unspecified atom stereocenters. The summed E-state index contributed by atoms with van der Waals surface area (Å²) in [5.41, 5.74) is 5.47. The van der Waals surface area contributed by atoms with Crippen LogP contribution in [0.5, 0.6) is 0 Å². The zero-order valence-electron chi connectivity index (χ0n) is 11.6. The van der Waals surface area contributed by atoms with Crippen LogP contribution in [-0.4, -0.2) is 23.5 Å². The Bertz CT molecular complexity index is 505. The van der Waals surface area contributed by atoms with Gasteiger partial charge < -0.3 is 16.2 Å². The third-order valence-electron chi connectivity index (χ3n) is 3.69. The number of halogens is 1. The van der Waals surface area contributed by atoms with Crippen molar-refractivity contribution in [3.05, 3.63) is 27.3 Å². The molecule has 1 aromatic carbocycles. The zero-order chi connectivity index (χ0) is 15.3. The van der Waals surface area contributed by atoms with Gasteiger partial charge in [0.25, 0.3) is 0 Å². The van der Waals surface area contributed by atoms with Crippen LogP contribution in [0.1, 0.15) is 37.0 Å². The fraction of sp³-hybridized carbons (Fsp3) is 0.429. The average Bonchev–Trinajstić information content (AvgIpc) is 2.43. The molecule has 110 valence electrons. The molecule has 0 bridgehead atoms. The van der Waals surface area contributed by atoms with Crippen LogP contribution in [0.2, 0.25) is 0 Å². The van der Waals surface area contributed by atoms with E-state index in [1.165, 1.54) is 6.07 Å². The molecule has 0 atom stereocenters. The van der Waals surface area contributed by atoms with Crippen LogP contribution in [0.4, 0.5) is 5.69 Å². The first-order valence-corrected chi connectivity index (χ1v) is 7.52. The van der Waals surface area contributed by atoms with E-state index in [0.717, 1.165) is 3.57 Å². The number of carboxylic acids is 1. The van der Waals surface area contributed by atoms with Gasteiger partial charge in [-0.05, 0) is 53.6 Å². The zero-order valence-corrected chi connectivity index (χ0v) is 13.7. The summed E-state index contributed by atoms with van der Waals surface area (Å²) in [6, 6.07) is 4.89. The number of benzene rings is 1. The normalized spacial score (nSPS) is 11.2. The second kappa shape index (κ2) is 7.03. The highest BCUT2D eigenvalue weighted by atomic mass is 127.